The Hall–Kier alpha value is -2.53. The second-order valence-electron chi connectivity index (χ2n) is 7.31. The van der Waals surface area contributed by atoms with Gasteiger partial charge in [0.1, 0.15) is 5.75 Å². The Balaban J connectivity index is 1.67. The second-order valence-corrected chi connectivity index (χ2v) is 7.75. The highest BCUT2D eigenvalue weighted by molar-refractivity contribution is 6.30. The van der Waals surface area contributed by atoms with Crippen molar-refractivity contribution in [3.63, 3.8) is 0 Å². The third-order valence-electron chi connectivity index (χ3n) is 5.13. The fourth-order valence-corrected chi connectivity index (χ4v) is 3.64. The van der Waals surface area contributed by atoms with Crippen molar-refractivity contribution >= 4 is 29.1 Å². The van der Waals surface area contributed by atoms with Crippen LogP contribution in [0.25, 0.3) is 0 Å². The predicted molar refractivity (Wildman–Crippen MR) is 116 cm³/mol. The first-order valence-corrected chi connectivity index (χ1v) is 10.6. The molecule has 1 fully saturated rings. The normalized spacial score (nSPS) is 15.4. The zero-order valence-electron chi connectivity index (χ0n) is 16.6. The van der Waals surface area contributed by atoms with Crippen LogP contribution in [-0.2, 0) is 4.79 Å². The second kappa shape index (κ2) is 10.3. The van der Waals surface area contributed by atoms with Gasteiger partial charge in [-0.15, -0.1) is 0 Å². The molecule has 1 saturated carbocycles. The van der Waals surface area contributed by atoms with Gasteiger partial charge in [0.05, 0.1) is 11.3 Å². The lowest BCUT2D eigenvalue weighted by Crippen LogP contribution is -2.37. The molecule has 0 spiro atoms. The van der Waals surface area contributed by atoms with Crippen LogP contribution in [0.5, 0.6) is 5.75 Å². The van der Waals surface area contributed by atoms with Crippen LogP contribution >= 0.6 is 11.6 Å². The van der Waals surface area contributed by atoms with Crippen LogP contribution in [0, 0.1) is 0 Å². The lowest BCUT2D eigenvalue weighted by molar-refractivity contribution is -0.122. The minimum absolute atomic E-state index is 0.153. The smallest absolute Gasteiger partial charge is 0.265 e. The van der Waals surface area contributed by atoms with Gasteiger partial charge in [-0.1, -0.05) is 49.9 Å². The van der Waals surface area contributed by atoms with Gasteiger partial charge in [-0.2, -0.15) is 0 Å². The highest BCUT2D eigenvalue weighted by Crippen LogP contribution is 2.22. The van der Waals surface area contributed by atoms with Gasteiger partial charge in [-0.05, 0) is 55.7 Å². The number of hydrogen-bond acceptors (Lipinski definition) is 3. The van der Waals surface area contributed by atoms with E-state index < -0.39 is 6.10 Å². The first kappa shape index (κ1) is 21.2. The van der Waals surface area contributed by atoms with E-state index in [4.69, 9.17) is 16.3 Å². The molecule has 0 bridgehead atoms. The van der Waals surface area contributed by atoms with Gasteiger partial charge >= 0.3 is 0 Å². The van der Waals surface area contributed by atoms with E-state index in [0.29, 0.717) is 28.4 Å². The number of amides is 2. The summed E-state index contributed by atoms with van der Waals surface area (Å²) in [5.41, 5.74) is 0.955. The number of carbonyl (C=O) groups is 2. The summed E-state index contributed by atoms with van der Waals surface area (Å²) in [5, 5.41) is 6.57. The summed E-state index contributed by atoms with van der Waals surface area (Å²) in [6.07, 6.45) is 5.34. The number of carbonyl (C=O) groups excluding carboxylic acids is 2. The maximum Gasteiger partial charge on any atom is 0.265 e. The van der Waals surface area contributed by atoms with E-state index in [9.17, 15) is 9.59 Å². The first-order valence-electron chi connectivity index (χ1n) is 10.2. The van der Waals surface area contributed by atoms with Crippen molar-refractivity contribution in [1.82, 2.24) is 5.32 Å². The molecule has 1 atom stereocenters. The standard InChI is InChI=1S/C23H27ClN2O3/c1-2-21(29-18-14-12-16(24)13-15-18)23(28)26-20-11-7-6-10-19(20)22(27)25-17-8-4-3-5-9-17/h6-7,10-15,17,21H,2-5,8-9H2,1H3,(H,25,27)(H,26,28)/t21-/m1/s1. The molecular weight excluding hydrogens is 388 g/mol. The molecule has 2 aromatic rings. The van der Waals surface area contributed by atoms with Crippen molar-refractivity contribution in [1.29, 1.82) is 0 Å². The quantitative estimate of drug-likeness (QED) is 0.654. The van der Waals surface area contributed by atoms with Crippen LogP contribution in [0.2, 0.25) is 5.02 Å². The summed E-state index contributed by atoms with van der Waals surface area (Å²) >= 11 is 5.90. The molecule has 1 aliphatic carbocycles. The van der Waals surface area contributed by atoms with Crippen molar-refractivity contribution in [2.75, 3.05) is 5.32 Å². The summed E-state index contributed by atoms with van der Waals surface area (Å²) in [6, 6.07) is 14.2. The molecule has 2 amide bonds. The van der Waals surface area contributed by atoms with Crippen LogP contribution in [0.1, 0.15) is 55.8 Å². The average molecular weight is 415 g/mol. The monoisotopic (exact) mass is 414 g/mol. The number of nitrogens with one attached hydrogen (secondary N) is 2. The minimum Gasteiger partial charge on any atom is -0.481 e. The molecule has 0 unspecified atom stereocenters. The first-order chi connectivity index (χ1) is 14.1. The third kappa shape index (κ3) is 5.97. The summed E-state index contributed by atoms with van der Waals surface area (Å²) in [5.74, 6) is 0.125. The molecule has 6 heteroatoms. The van der Waals surface area contributed by atoms with Gasteiger partial charge in [0.15, 0.2) is 6.10 Å². The molecule has 154 valence electrons. The minimum atomic E-state index is -0.675. The van der Waals surface area contributed by atoms with E-state index in [1.807, 2.05) is 6.92 Å². The van der Waals surface area contributed by atoms with Gasteiger partial charge in [0, 0.05) is 11.1 Å². The van der Waals surface area contributed by atoms with Crippen molar-refractivity contribution in [2.45, 2.75) is 57.6 Å². The van der Waals surface area contributed by atoms with E-state index >= 15 is 0 Å². The van der Waals surface area contributed by atoms with Crippen molar-refractivity contribution in [3.8, 4) is 5.75 Å². The van der Waals surface area contributed by atoms with Crippen LogP contribution in [0.3, 0.4) is 0 Å². The van der Waals surface area contributed by atoms with Crippen molar-refractivity contribution in [3.05, 3.63) is 59.1 Å². The number of benzene rings is 2. The Morgan fingerprint density at radius 2 is 1.76 bits per heavy atom. The van der Waals surface area contributed by atoms with Gasteiger partial charge < -0.3 is 15.4 Å². The fraction of sp³-hybridized carbons (Fsp3) is 0.391. The third-order valence-corrected chi connectivity index (χ3v) is 5.38. The number of halogens is 1. The van der Waals surface area contributed by atoms with Gasteiger partial charge in [0.2, 0.25) is 0 Å². The van der Waals surface area contributed by atoms with Crippen LogP contribution in [0.15, 0.2) is 48.5 Å². The highest BCUT2D eigenvalue weighted by atomic mass is 35.5. The molecule has 29 heavy (non-hydrogen) atoms. The zero-order chi connectivity index (χ0) is 20.6. The van der Waals surface area contributed by atoms with Gasteiger partial charge in [-0.25, -0.2) is 0 Å². The van der Waals surface area contributed by atoms with Crippen LogP contribution in [0.4, 0.5) is 5.69 Å². The molecular formula is C23H27ClN2O3. The maximum atomic E-state index is 12.8. The van der Waals surface area contributed by atoms with Crippen molar-refractivity contribution in [2.24, 2.45) is 0 Å². The Labute approximate surface area is 176 Å². The molecule has 0 saturated heterocycles. The van der Waals surface area contributed by atoms with Gasteiger partial charge in [0.25, 0.3) is 11.8 Å². The number of anilines is 1. The SMILES string of the molecule is CC[C@@H](Oc1ccc(Cl)cc1)C(=O)Nc1ccccc1C(=O)NC1CCCCC1. The average Bonchev–Trinajstić information content (AvgIpc) is 2.74. The molecule has 0 radical (unpaired) electrons. The molecule has 0 heterocycles. The number of hydrogen-bond donors (Lipinski definition) is 2. The van der Waals surface area contributed by atoms with Crippen molar-refractivity contribution < 1.29 is 14.3 Å². The Morgan fingerprint density at radius 1 is 1.07 bits per heavy atom. The maximum absolute atomic E-state index is 12.8. The number of rotatable bonds is 7. The molecule has 3 rings (SSSR count). The van der Waals surface area contributed by atoms with Crippen LogP contribution in [-0.4, -0.2) is 24.0 Å². The van der Waals surface area contributed by atoms with E-state index in [0.717, 1.165) is 25.7 Å². The summed E-state index contributed by atoms with van der Waals surface area (Å²) in [6.45, 7) is 1.88. The predicted octanol–water partition coefficient (Wildman–Crippen LogP) is 5.20. The fourth-order valence-electron chi connectivity index (χ4n) is 3.51. The summed E-state index contributed by atoms with van der Waals surface area (Å²) < 4.78 is 5.80. The highest BCUT2D eigenvalue weighted by Gasteiger charge is 2.22. The topological polar surface area (TPSA) is 67.4 Å². The lowest BCUT2D eigenvalue weighted by atomic mass is 9.95. The Morgan fingerprint density at radius 3 is 2.45 bits per heavy atom. The van der Waals surface area contributed by atoms with E-state index in [2.05, 4.69) is 10.6 Å². The lowest BCUT2D eigenvalue weighted by Gasteiger charge is -2.23. The number of para-hydroxylation sites is 1. The van der Waals surface area contributed by atoms with Gasteiger partial charge in [-0.3, -0.25) is 9.59 Å². The van der Waals surface area contributed by atoms with E-state index in [1.165, 1.54) is 6.42 Å². The Kier molecular flexibility index (Phi) is 7.53. The van der Waals surface area contributed by atoms with E-state index in [-0.39, 0.29) is 17.9 Å². The molecule has 0 aromatic heterocycles. The number of ether oxygens (including phenoxy) is 1. The molecule has 5 nitrogen and oxygen atoms in total. The zero-order valence-corrected chi connectivity index (χ0v) is 17.4. The molecule has 1 aliphatic rings. The Bertz CT molecular complexity index is 832. The summed E-state index contributed by atoms with van der Waals surface area (Å²) in [4.78, 5) is 25.6. The molecule has 2 N–H and O–H groups in total. The van der Waals surface area contributed by atoms with Crippen LogP contribution < -0.4 is 15.4 Å². The molecule has 0 aliphatic heterocycles. The molecule has 2 aromatic carbocycles. The summed E-state index contributed by atoms with van der Waals surface area (Å²) in [7, 11) is 0. The largest absolute Gasteiger partial charge is 0.481 e. The van der Waals surface area contributed by atoms with E-state index in [1.54, 1.807) is 48.5 Å².